The molecule has 0 amide bonds. The molecule has 9 heteroatoms. The van der Waals surface area contributed by atoms with Crippen LogP contribution in [0.25, 0.3) is 11.3 Å². The lowest BCUT2D eigenvalue weighted by molar-refractivity contribution is 0.174. The Balaban J connectivity index is 1.57. The normalized spacial score (nSPS) is 15.3. The second-order valence-electron chi connectivity index (χ2n) is 6.52. The summed E-state index contributed by atoms with van der Waals surface area (Å²) in [4.78, 5) is 8.74. The average Bonchev–Trinajstić information content (AvgIpc) is 3.22. The molecule has 0 atom stereocenters. The van der Waals surface area contributed by atoms with Gasteiger partial charge in [-0.3, -0.25) is 4.68 Å². The Labute approximate surface area is 159 Å². The van der Waals surface area contributed by atoms with Crippen molar-refractivity contribution >= 4 is 34.1 Å². The summed E-state index contributed by atoms with van der Waals surface area (Å²) in [5.41, 5.74) is 2.06. The van der Waals surface area contributed by atoms with Gasteiger partial charge in [-0.05, 0) is 37.4 Å². The van der Waals surface area contributed by atoms with E-state index in [2.05, 4.69) is 30.8 Å². The second-order valence-corrected chi connectivity index (χ2v) is 7.73. The summed E-state index contributed by atoms with van der Waals surface area (Å²) >= 11 is 7.64. The maximum absolute atomic E-state index is 9.40. The Kier molecular flexibility index (Phi) is 4.34. The molecule has 0 unspecified atom stereocenters. The maximum atomic E-state index is 9.40. The van der Waals surface area contributed by atoms with E-state index in [1.165, 1.54) is 11.5 Å². The lowest BCUT2D eigenvalue weighted by atomic mass is 9.70. The maximum Gasteiger partial charge on any atom is 0.228 e. The van der Waals surface area contributed by atoms with E-state index in [9.17, 15) is 5.26 Å². The van der Waals surface area contributed by atoms with Crippen LogP contribution in [0, 0.1) is 23.7 Å². The van der Waals surface area contributed by atoms with Gasteiger partial charge in [0.25, 0.3) is 0 Å². The molecule has 0 aliphatic heterocycles. The lowest BCUT2D eigenvalue weighted by Gasteiger charge is -2.34. The quantitative estimate of drug-likeness (QED) is 0.707. The van der Waals surface area contributed by atoms with E-state index in [1.54, 1.807) is 17.1 Å². The molecule has 3 heterocycles. The summed E-state index contributed by atoms with van der Waals surface area (Å²) in [7, 11) is 0. The van der Waals surface area contributed by atoms with E-state index in [0.717, 1.165) is 35.5 Å². The first-order chi connectivity index (χ1) is 12.6. The number of hydrogen-bond donors (Lipinski definition) is 1. The van der Waals surface area contributed by atoms with Crippen LogP contribution in [-0.4, -0.2) is 24.1 Å². The Hall–Kier alpha value is -2.50. The molecule has 1 aliphatic rings. The minimum absolute atomic E-state index is 0.282. The van der Waals surface area contributed by atoms with Crippen molar-refractivity contribution in [3.63, 3.8) is 0 Å². The third-order valence-corrected chi connectivity index (χ3v) is 5.60. The van der Waals surface area contributed by atoms with Crippen LogP contribution in [0.15, 0.2) is 24.7 Å². The van der Waals surface area contributed by atoms with Gasteiger partial charge < -0.3 is 5.32 Å². The van der Waals surface area contributed by atoms with E-state index in [1.807, 2.05) is 19.2 Å². The first kappa shape index (κ1) is 16.9. The van der Waals surface area contributed by atoms with Crippen molar-refractivity contribution in [1.29, 1.82) is 5.26 Å². The van der Waals surface area contributed by atoms with Crippen LogP contribution in [0.2, 0.25) is 5.02 Å². The first-order valence-electron chi connectivity index (χ1n) is 8.24. The standard InChI is InChI=1S/C17H16ClN7S/c1-11-5-14(26-24-11)22-16-20-7-13(18)15(23-16)12-6-21-25(8-12)10-17(9-19)3-2-4-17/h5-8H,2-4,10H2,1H3,(H,20,22,23). The molecule has 0 saturated heterocycles. The van der Waals surface area contributed by atoms with E-state index in [4.69, 9.17) is 11.6 Å². The molecule has 1 N–H and O–H groups in total. The number of hydrogen-bond acceptors (Lipinski definition) is 7. The van der Waals surface area contributed by atoms with Gasteiger partial charge in [-0.15, -0.1) is 0 Å². The molecule has 1 aliphatic carbocycles. The van der Waals surface area contributed by atoms with Crippen molar-refractivity contribution in [1.82, 2.24) is 24.1 Å². The molecule has 26 heavy (non-hydrogen) atoms. The molecule has 0 aromatic carbocycles. The largest absolute Gasteiger partial charge is 0.314 e. The number of nitrogens with one attached hydrogen (secondary N) is 1. The third kappa shape index (κ3) is 3.28. The second kappa shape index (κ2) is 6.67. The van der Waals surface area contributed by atoms with E-state index < -0.39 is 0 Å². The zero-order valence-corrected chi connectivity index (χ0v) is 15.7. The third-order valence-electron chi connectivity index (χ3n) is 4.53. The minimum atomic E-state index is -0.282. The van der Waals surface area contributed by atoms with Crippen LogP contribution in [0.5, 0.6) is 0 Å². The van der Waals surface area contributed by atoms with E-state index in [-0.39, 0.29) is 5.41 Å². The number of nitriles is 1. The Morgan fingerprint density at radius 1 is 1.42 bits per heavy atom. The Morgan fingerprint density at radius 2 is 2.27 bits per heavy atom. The first-order valence-corrected chi connectivity index (χ1v) is 9.39. The number of anilines is 2. The highest BCUT2D eigenvalue weighted by Gasteiger charge is 2.37. The van der Waals surface area contributed by atoms with Gasteiger partial charge in [0.2, 0.25) is 5.95 Å². The molecule has 132 valence electrons. The highest BCUT2D eigenvalue weighted by molar-refractivity contribution is 7.10. The van der Waals surface area contributed by atoms with E-state index in [0.29, 0.717) is 23.2 Å². The number of halogens is 1. The van der Waals surface area contributed by atoms with Gasteiger partial charge in [-0.1, -0.05) is 18.0 Å². The Bertz CT molecular complexity index is 983. The monoisotopic (exact) mass is 385 g/mol. The van der Waals surface area contributed by atoms with Gasteiger partial charge in [0, 0.05) is 11.8 Å². The van der Waals surface area contributed by atoms with Gasteiger partial charge in [-0.2, -0.15) is 14.7 Å². The molecule has 1 fully saturated rings. The number of nitrogens with zero attached hydrogens (tertiary/aromatic N) is 6. The van der Waals surface area contributed by atoms with Crippen molar-refractivity contribution in [2.75, 3.05) is 5.32 Å². The van der Waals surface area contributed by atoms with Gasteiger partial charge in [0.1, 0.15) is 5.00 Å². The van der Waals surface area contributed by atoms with Crippen LogP contribution < -0.4 is 5.32 Å². The highest BCUT2D eigenvalue weighted by atomic mass is 35.5. The van der Waals surface area contributed by atoms with Crippen LogP contribution >= 0.6 is 23.1 Å². The summed E-state index contributed by atoms with van der Waals surface area (Å²) in [6.45, 7) is 2.53. The lowest BCUT2D eigenvalue weighted by Crippen LogP contribution is -2.32. The van der Waals surface area contributed by atoms with Crippen molar-refractivity contribution in [2.24, 2.45) is 5.41 Å². The molecule has 0 bridgehead atoms. The summed E-state index contributed by atoms with van der Waals surface area (Å²) in [6, 6.07) is 4.37. The van der Waals surface area contributed by atoms with Gasteiger partial charge in [-0.25, -0.2) is 9.97 Å². The fourth-order valence-electron chi connectivity index (χ4n) is 2.95. The zero-order chi connectivity index (χ0) is 18.1. The van der Waals surface area contributed by atoms with Crippen LogP contribution in [0.4, 0.5) is 10.9 Å². The van der Waals surface area contributed by atoms with E-state index >= 15 is 0 Å². The molecule has 3 aromatic rings. The van der Waals surface area contributed by atoms with Gasteiger partial charge in [0.15, 0.2) is 0 Å². The van der Waals surface area contributed by atoms with Crippen molar-refractivity contribution in [2.45, 2.75) is 32.7 Å². The smallest absolute Gasteiger partial charge is 0.228 e. The molecular weight excluding hydrogens is 370 g/mol. The van der Waals surface area contributed by atoms with Gasteiger partial charge in [0.05, 0.1) is 46.8 Å². The molecule has 0 spiro atoms. The van der Waals surface area contributed by atoms with Crippen molar-refractivity contribution < 1.29 is 0 Å². The van der Waals surface area contributed by atoms with Crippen LogP contribution in [0.3, 0.4) is 0 Å². The molecule has 0 radical (unpaired) electrons. The van der Waals surface area contributed by atoms with Crippen molar-refractivity contribution in [3.8, 4) is 17.3 Å². The fraction of sp³-hybridized carbons (Fsp3) is 0.353. The fourth-order valence-corrected chi connectivity index (χ4v) is 3.81. The number of aromatic nitrogens is 5. The molecule has 7 nitrogen and oxygen atoms in total. The molecule has 3 aromatic heterocycles. The number of rotatable bonds is 5. The summed E-state index contributed by atoms with van der Waals surface area (Å²) in [6.07, 6.45) is 8.13. The zero-order valence-electron chi connectivity index (χ0n) is 14.1. The Morgan fingerprint density at radius 3 is 2.92 bits per heavy atom. The SMILES string of the molecule is Cc1cc(Nc2ncc(Cl)c(-c3cnn(CC4(C#N)CCC4)c3)n2)sn1. The minimum Gasteiger partial charge on any atom is -0.314 e. The summed E-state index contributed by atoms with van der Waals surface area (Å²) < 4.78 is 6.03. The summed E-state index contributed by atoms with van der Waals surface area (Å²) in [5.74, 6) is 0.452. The average molecular weight is 386 g/mol. The predicted octanol–water partition coefficient (Wildman–Crippen LogP) is 4.20. The van der Waals surface area contributed by atoms with Crippen LogP contribution in [-0.2, 0) is 6.54 Å². The topological polar surface area (TPSA) is 92.3 Å². The van der Waals surface area contributed by atoms with Gasteiger partial charge >= 0.3 is 0 Å². The summed E-state index contributed by atoms with van der Waals surface area (Å²) in [5, 5.41) is 18.2. The molecular formula is C17H16ClN7S. The highest BCUT2D eigenvalue weighted by Crippen LogP contribution is 2.41. The predicted molar refractivity (Wildman–Crippen MR) is 100 cm³/mol. The van der Waals surface area contributed by atoms with Crippen LogP contribution in [0.1, 0.15) is 25.0 Å². The number of aryl methyl sites for hydroxylation is 1. The molecule has 4 rings (SSSR count). The molecule has 1 saturated carbocycles. The van der Waals surface area contributed by atoms with Crippen molar-refractivity contribution in [3.05, 3.63) is 35.4 Å².